The summed E-state index contributed by atoms with van der Waals surface area (Å²) in [6, 6.07) is 0. The normalized spacial score (nSPS) is 22.6. The number of allylic oxidation sites excluding steroid dienone is 2. The van der Waals surface area contributed by atoms with E-state index in [0.29, 0.717) is 24.6 Å². The molecule has 0 spiro atoms. The minimum Gasteiger partial charge on any atom is -0.481 e. The molecule has 1 aliphatic rings. The van der Waals surface area contributed by atoms with Gasteiger partial charge in [0.2, 0.25) is 5.89 Å². The third kappa shape index (κ3) is 3.59. The Morgan fingerprint density at radius 1 is 1.53 bits per heavy atom. The van der Waals surface area contributed by atoms with Crippen LogP contribution in [-0.2, 0) is 10.5 Å². The predicted molar refractivity (Wildman–Crippen MR) is 73.0 cm³/mol. The summed E-state index contributed by atoms with van der Waals surface area (Å²) in [4.78, 5) is 15.6. The molecule has 1 heterocycles. The average Bonchev–Trinajstić information content (AvgIpc) is 2.88. The van der Waals surface area contributed by atoms with Gasteiger partial charge in [0.25, 0.3) is 0 Å². The van der Waals surface area contributed by atoms with Crippen LogP contribution in [0.4, 0.5) is 0 Å². The SMILES string of the molecule is CCCSCc1noc([C@@H]2CC=CC[C@@H]2C(=O)O)n1. The molecule has 0 unspecified atom stereocenters. The third-order valence-electron chi connectivity index (χ3n) is 3.13. The fourth-order valence-corrected chi connectivity index (χ4v) is 2.88. The van der Waals surface area contributed by atoms with Crippen molar-refractivity contribution < 1.29 is 14.4 Å². The molecule has 0 aromatic carbocycles. The minimum atomic E-state index is -0.797. The van der Waals surface area contributed by atoms with E-state index in [0.717, 1.165) is 17.9 Å². The van der Waals surface area contributed by atoms with Crippen LogP contribution in [0.3, 0.4) is 0 Å². The molecule has 0 bridgehead atoms. The summed E-state index contributed by atoms with van der Waals surface area (Å²) in [5.74, 6) is 1.46. The van der Waals surface area contributed by atoms with Crippen molar-refractivity contribution in [1.29, 1.82) is 0 Å². The van der Waals surface area contributed by atoms with Crippen LogP contribution in [0.25, 0.3) is 0 Å². The van der Waals surface area contributed by atoms with Crippen LogP contribution >= 0.6 is 11.8 Å². The highest BCUT2D eigenvalue weighted by molar-refractivity contribution is 7.98. The van der Waals surface area contributed by atoms with Gasteiger partial charge in [-0.1, -0.05) is 24.2 Å². The molecule has 1 aromatic heterocycles. The maximum absolute atomic E-state index is 11.2. The molecule has 0 radical (unpaired) electrons. The second kappa shape index (κ2) is 6.75. The molecule has 19 heavy (non-hydrogen) atoms. The van der Waals surface area contributed by atoms with Gasteiger partial charge in [-0.25, -0.2) is 0 Å². The second-order valence-electron chi connectivity index (χ2n) is 4.60. The van der Waals surface area contributed by atoms with Gasteiger partial charge in [-0.15, -0.1) is 0 Å². The van der Waals surface area contributed by atoms with Gasteiger partial charge in [-0.05, 0) is 25.0 Å². The molecule has 1 aliphatic carbocycles. The van der Waals surface area contributed by atoms with Crippen LogP contribution in [0, 0.1) is 5.92 Å². The predicted octanol–water partition coefficient (Wildman–Crippen LogP) is 2.85. The van der Waals surface area contributed by atoms with Crippen LogP contribution in [0.5, 0.6) is 0 Å². The van der Waals surface area contributed by atoms with E-state index in [1.165, 1.54) is 0 Å². The van der Waals surface area contributed by atoms with Gasteiger partial charge >= 0.3 is 5.97 Å². The Balaban J connectivity index is 2.04. The lowest BCUT2D eigenvalue weighted by molar-refractivity contribution is -0.142. The van der Waals surface area contributed by atoms with E-state index >= 15 is 0 Å². The van der Waals surface area contributed by atoms with Gasteiger partial charge in [0, 0.05) is 0 Å². The summed E-state index contributed by atoms with van der Waals surface area (Å²) in [5, 5.41) is 13.2. The monoisotopic (exact) mass is 282 g/mol. The molecule has 1 aromatic rings. The summed E-state index contributed by atoms with van der Waals surface area (Å²) in [7, 11) is 0. The van der Waals surface area contributed by atoms with E-state index in [1.807, 2.05) is 12.2 Å². The molecule has 0 fully saturated rings. The Bertz CT molecular complexity index is 458. The molecule has 5 nitrogen and oxygen atoms in total. The van der Waals surface area contributed by atoms with E-state index in [2.05, 4.69) is 17.1 Å². The summed E-state index contributed by atoms with van der Waals surface area (Å²) in [6.45, 7) is 2.13. The van der Waals surface area contributed by atoms with Crippen molar-refractivity contribution in [1.82, 2.24) is 10.1 Å². The maximum atomic E-state index is 11.2. The number of aliphatic carboxylic acids is 1. The Kier molecular flexibility index (Phi) is 5.01. The summed E-state index contributed by atoms with van der Waals surface area (Å²) >= 11 is 1.76. The highest BCUT2D eigenvalue weighted by Gasteiger charge is 2.33. The minimum absolute atomic E-state index is 0.195. The Morgan fingerprint density at radius 3 is 3.05 bits per heavy atom. The molecule has 0 saturated carbocycles. The maximum Gasteiger partial charge on any atom is 0.307 e. The van der Waals surface area contributed by atoms with Gasteiger partial charge in [0.15, 0.2) is 5.82 Å². The molecule has 1 N–H and O–H groups in total. The Morgan fingerprint density at radius 2 is 2.32 bits per heavy atom. The van der Waals surface area contributed by atoms with Crippen molar-refractivity contribution in [2.24, 2.45) is 5.92 Å². The van der Waals surface area contributed by atoms with Gasteiger partial charge in [-0.2, -0.15) is 16.7 Å². The Labute approximate surface area is 116 Å². The molecular formula is C13H18N2O3S. The molecule has 0 amide bonds. The second-order valence-corrected chi connectivity index (χ2v) is 5.70. The molecule has 6 heteroatoms. The van der Waals surface area contributed by atoms with E-state index < -0.39 is 11.9 Å². The quantitative estimate of drug-likeness (QED) is 0.638. The largest absolute Gasteiger partial charge is 0.481 e. The van der Waals surface area contributed by atoms with Crippen LogP contribution in [0.15, 0.2) is 16.7 Å². The number of carboxylic acid groups (broad SMARTS) is 1. The van der Waals surface area contributed by atoms with Gasteiger partial charge < -0.3 is 9.63 Å². The standard InChI is InChI=1S/C13H18N2O3S/c1-2-7-19-8-11-14-12(18-15-11)9-5-3-4-6-10(9)13(16)17/h3-4,9-10H,2,5-8H2,1H3,(H,16,17)/t9-,10+/m1/s1. The van der Waals surface area contributed by atoms with E-state index in [4.69, 9.17) is 4.52 Å². The average molecular weight is 282 g/mol. The lowest BCUT2D eigenvalue weighted by Crippen LogP contribution is -2.23. The summed E-state index contributed by atoms with van der Waals surface area (Å²) in [5.41, 5.74) is 0. The molecular weight excluding hydrogens is 264 g/mol. The summed E-state index contributed by atoms with van der Waals surface area (Å²) < 4.78 is 5.24. The molecule has 0 aliphatic heterocycles. The first kappa shape index (κ1) is 14.1. The number of aromatic nitrogens is 2. The fraction of sp³-hybridized carbons (Fsp3) is 0.615. The summed E-state index contributed by atoms with van der Waals surface area (Å²) in [6.07, 6.45) is 6.19. The van der Waals surface area contributed by atoms with Gasteiger partial charge in [-0.3, -0.25) is 4.79 Å². The molecule has 0 saturated heterocycles. The van der Waals surface area contributed by atoms with Crippen molar-refractivity contribution in [3.05, 3.63) is 23.9 Å². The van der Waals surface area contributed by atoms with Crippen molar-refractivity contribution in [3.63, 3.8) is 0 Å². The van der Waals surface area contributed by atoms with Gasteiger partial charge in [0.1, 0.15) is 0 Å². The number of hydrogen-bond donors (Lipinski definition) is 1. The Hall–Kier alpha value is -1.30. The van der Waals surface area contributed by atoms with Crippen LogP contribution < -0.4 is 0 Å². The number of hydrogen-bond acceptors (Lipinski definition) is 5. The molecule has 2 atom stereocenters. The van der Waals surface area contributed by atoms with Crippen molar-refractivity contribution in [2.75, 3.05) is 5.75 Å². The zero-order valence-corrected chi connectivity index (χ0v) is 11.7. The van der Waals surface area contributed by atoms with Crippen molar-refractivity contribution >= 4 is 17.7 Å². The fourth-order valence-electron chi connectivity index (χ4n) is 2.14. The first-order valence-electron chi connectivity index (χ1n) is 6.50. The lowest BCUT2D eigenvalue weighted by atomic mass is 9.83. The van der Waals surface area contributed by atoms with Gasteiger partial charge in [0.05, 0.1) is 17.6 Å². The zero-order chi connectivity index (χ0) is 13.7. The first-order chi connectivity index (χ1) is 9.22. The first-order valence-corrected chi connectivity index (χ1v) is 7.65. The number of rotatable bonds is 6. The third-order valence-corrected chi connectivity index (χ3v) is 4.29. The van der Waals surface area contributed by atoms with E-state index in [9.17, 15) is 9.90 Å². The number of carbonyl (C=O) groups is 1. The van der Waals surface area contributed by atoms with E-state index in [-0.39, 0.29) is 5.92 Å². The zero-order valence-electron chi connectivity index (χ0n) is 10.9. The topological polar surface area (TPSA) is 76.2 Å². The van der Waals surface area contributed by atoms with Crippen molar-refractivity contribution in [2.45, 2.75) is 37.9 Å². The molecule has 2 rings (SSSR count). The highest BCUT2D eigenvalue weighted by atomic mass is 32.2. The molecule has 104 valence electrons. The smallest absolute Gasteiger partial charge is 0.307 e. The van der Waals surface area contributed by atoms with E-state index in [1.54, 1.807) is 11.8 Å². The van der Waals surface area contributed by atoms with Crippen LogP contribution in [-0.4, -0.2) is 27.0 Å². The lowest BCUT2D eigenvalue weighted by Gasteiger charge is -2.21. The number of carboxylic acids is 1. The van der Waals surface area contributed by atoms with Crippen LogP contribution in [0.1, 0.15) is 43.8 Å². The van der Waals surface area contributed by atoms with Crippen LogP contribution in [0.2, 0.25) is 0 Å². The highest BCUT2D eigenvalue weighted by Crippen LogP contribution is 2.34. The van der Waals surface area contributed by atoms with Crippen molar-refractivity contribution in [3.8, 4) is 0 Å². The number of thioether (sulfide) groups is 1. The number of nitrogens with zero attached hydrogens (tertiary/aromatic N) is 2.